The molecule has 2 rings (SSSR count). The third kappa shape index (κ3) is 4.47. The maximum Gasteiger partial charge on any atom is 0.283 e. The van der Waals surface area contributed by atoms with Crippen LogP contribution in [-0.2, 0) is 14.3 Å². The Labute approximate surface area is 141 Å². The minimum atomic E-state index is -0.616. The van der Waals surface area contributed by atoms with E-state index in [-0.39, 0.29) is 24.2 Å². The molecule has 6 heteroatoms. The Morgan fingerprint density at radius 1 is 1.39 bits per heavy atom. The first-order valence-electron chi connectivity index (χ1n) is 7.73. The monoisotopic (exact) mass is 339 g/mol. The van der Waals surface area contributed by atoms with Crippen LogP contribution in [0.1, 0.15) is 31.2 Å². The average Bonchev–Trinajstić information content (AvgIpc) is 2.54. The van der Waals surface area contributed by atoms with E-state index in [0.29, 0.717) is 24.5 Å². The normalized spacial score (nSPS) is 24.0. The molecule has 1 aromatic rings. The first kappa shape index (κ1) is 17.8. The van der Waals surface area contributed by atoms with Gasteiger partial charge in [0.05, 0.1) is 0 Å². The van der Waals surface area contributed by atoms with Gasteiger partial charge in [-0.2, -0.15) is 0 Å². The lowest BCUT2D eigenvalue weighted by Crippen LogP contribution is -2.37. The molecule has 23 heavy (non-hydrogen) atoms. The van der Waals surface area contributed by atoms with Gasteiger partial charge in [-0.05, 0) is 43.5 Å². The first-order chi connectivity index (χ1) is 11.1. The van der Waals surface area contributed by atoms with Crippen molar-refractivity contribution in [1.82, 2.24) is 0 Å². The van der Waals surface area contributed by atoms with Crippen molar-refractivity contribution >= 4 is 17.5 Å². The molecule has 0 radical (unpaired) electrons. The number of carbonyl (C=O) groups excluding carboxylic acids is 1. The first-order valence-corrected chi connectivity index (χ1v) is 8.10. The number of allylic oxidation sites excluding steroid dienone is 1. The van der Waals surface area contributed by atoms with E-state index in [1.54, 1.807) is 6.08 Å². The Morgan fingerprint density at radius 2 is 2.09 bits per heavy atom. The standard InChI is InChI=1S/C17H22ClNO4/c1-2-22-17-13(4-3-9-20)14(10-15(23-17)16(19)21)11-5-7-12(18)8-6-11/h5-8,10,13-14,17,20H,2-4,9H2,1H3,(H2,19,21)/t13-,14-,17-/m1/s1. The molecule has 1 aliphatic rings. The van der Waals surface area contributed by atoms with Crippen LogP contribution in [0.25, 0.3) is 0 Å². The van der Waals surface area contributed by atoms with E-state index >= 15 is 0 Å². The van der Waals surface area contributed by atoms with E-state index < -0.39 is 12.2 Å². The smallest absolute Gasteiger partial charge is 0.283 e. The number of hydrogen-bond donors (Lipinski definition) is 2. The molecule has 1 aliphatic heterocycles. The van der Waals surface area contributed by atoms with Gasteiger partial charge in [0.1, 0.15) is 0 Å². The largest absolute Gasteiger partial charge is 0.459 e. The Balaban J connectivity index is 2.38. The van der Waals surface area contributed by atoms with Crippen LogP contribution < -0.4 is 5.73 Å². The molecular formula is C17H22ClNO4. The highest BCUT2D eigenvalue weighted by Crippen LogP contribution is 2.39. The van der Waals surface area contributed by atoms with Crippen molar-refractivity contribution < 1.29 is 19.4 Å². The van der Waals surface area contributed by atoms with E-state index in [4.69, 9.17) is 31.9 Å². The highest BCUT2D eigenvalue weighted by atomic mass is 35.5. The maximum absolute atomic E-state index is 11.6. The number of nitrogens with two attached hydrogens (primary N) is 1. The second-order valence-corrected chi connectivity index (χ2v) is 5.88. The van der Waals surface area contributed by atoms with Crippen LogP contribution in [0.4, 0.5) is 0 Å². The fraction of sp³-hybridized carbons (Fsp3) is 0.471. The van der Waals surface area contributed by atoms with Gasteiger partial charge >= 0.3 is 0 Å². The molecule has 0 saturated heterocycles. The van der Waals surface area contributed by atoms with Crippen molar-refractivity contribution in [3.8, 4) is 0 Å². The van der Waals surface area contributed by atoms with Crippen molar-refractivity contribution in [3.05, 3.63) is 46.7 Å². The third-order valence-electron chi connectivity index (χ3n) is 3.91. The van der Waals surface area contributed by atoms with Crippen LogP contribution in [0, 0.1) is 5.92 Å². The molecule has 1 aromatic carbocycles. The molecule has 0 spiro atoms. The second kappa shape index (κ2) is 8.34. The summed E-state index contributed by atoms with van der Waals surface area (Å²) < 4.78 is 11.3. The van der Waals surface area contributed by atoms with Crippen LogP contribution in [-0.4, -0.2) is 30.5 Å². The zero-order valence-corrected chi connectivity index (χ0v) is 13.8. The second-order valence-electron chi connectivity index (χ2n) is 5.44. The summed E-state index contributed by atoms with van der Waals surface area (Å²) in [6.45, 7) is 2.42. The SMILES string of the molecule is CCO[C@@H]1OC(C(N)=O)=C[C@H](c2ccc(Cl)cc2)[C@H]1CCCO. The Hall–Kier alpha value is -1.56. The van der Waals surface area contributed by atoms with Crippen LogP contribution in [0.2, 0.25) is 5.02 Å². The van der Waals surface area contributed by atoms with Gasteiger partial charge in [-0.3, -0.25) is 4.79 Å². The number of carbonyl (C=O) groups is 1. The van der Waals surface area contributed by atoms with Gasteiger partial charge in [-0.1, -0.05) is 23.7 Å². The zero-order chi connectivity index (χ0) is 16.8. The summed E-state index contributed by atoms with van der Waals surface area (Å²) in [6.07, 6.45) is 2.50. The predicted octanol–water partition coefficient (Wildman–Crippen LogP) is 2.57. The summed E-state index contributed by atoms with van der Waals surface area (Å²) in [4.78, 5) is 11.6. The van der Waals surface area contributed by atoms with Gasteiger partial charge in [0, 0.05) is 30.1 Å². The molecule has 1 heterocycles. The number of rotatable bonds is 7. The summed E-state index contributed by atoms with van der Waals surface area (Å²) in [5, 5.41) is 9.80. The summed E-state index contributed by atoms with van der Waals surface area (Å²) in [6, 6.07) is 7.45. The summed E-state index contributed by atoms with van der Waals surface area (Å²) in [5.41, 5.74) is 6.39. The zero-order valence-electron chi connectivity index (χ0n) is 13.1. The minimum Gasteiger partial charge on any atom is -0.459 e. The fourth-order valence-corrected chi connectivity index (χ4v) is 2.97. The van der Waals surface area contributed by atoms with Gasteiger partial charge < -0.3 is 20.3 Å². The van der Waals surface area contributed by atoms with E-state index in [1.165, 1.54) is 0 Å². The van der Waals surface area contributed by atoms with Crippen molar-refractivity contribution in [3.63, 3.8) is 0 Å². The molecular weight excluding hydrogens is 318 g/mol. The van der Waals surface area contributed by atoms with E-state index in [0.717, 1.165) is 5.56 Å². The molecule has 3 atom stereocenters. The Morgan fingerprint density at radius 3 is 2.65 bits per heavy atom. The number of primary amides is 1. The number of benzene rings is 1. The van der Waals surface area contributed by atoms with E-state index in [9.17, 15) is 4.79 Å². The van der Waals surface area contributed by atoms with Crippen LogP contribution in [0.3, 0.4) is 0 Å². The van der Waals surface area contributed by atoms with Gasteiger partial charge in [-0.25, -0.2) is 0 Å². The molecule has 0 saturated carbocycles. The third-order valence-corrected chi connectivity index (χ3v) is 4.16. The average molecular weight is 340 g/mol. The molecule has 3 N–H and O–H groups in total. The summed E-state index contributed by atoms with van der Waals surface area (Å²) in [5.74, 6) is -0.615. The maximum atomic E-state index is 11.6. The highest BCUT2D eigenvalue weighted by Gasteiger charge is 2.37. The molecule has 0 aromatic heterocycles. The van der Waals surface area contributed by atoms with E-state index in [2.05, 4.69) is 0 Å². The summed E-state index contributed by atoms with van der Waals surface area (Å²) >= 11 is 5.96. The minimum absolute atomic E-state index is 0.0219. The molecule has 0 fully saturated rings. The Kier molecular flexibility index (Phi) is 6.45. The number of ether oxygens (including phenoxy) is 2. The molecule has 0 aliphatic carbocycles. The lowest BCUT2D eigenvalue weighted by Gasteiger charge is -2.36. The highest BCUT2D eigenvalue weighted by molar-refractivity contribution is 6.30. The molecule has 126 valence electrons. The van der Waals surface area contributed by atoms with Crippen molar-refractivity contribution in [2.45, 2.75) is 32.0 Å². The topological polar surface area (TPSA) is 81.8 Å². The molecule has 5 nitrogen and oxygen atoms in total. The number of amides is 1. The van der Waals surface area contributed by atoms with Gasteiger partial charge in [0.2, 0.25) is 6.29 Å². The van der Waals surface area contributed by atoms with Crippen molar-refractivity contribution in [2.24, 2.45) is 11.7 Å². The van der Waals surface area contributed by atoms with Crippen LogP contribution in [0.5, 0.6) is 0 Å². The van der Waals surface area contributed by atoms with Crippen LogP contribution in [0.15, 0.2) is 36.1 Å². The van der Waals surface area contributed by atoms with Gasteiger partial charge in [0.15, 0.2) is 5.76 Å². The predicted molar refractivity (Wildman–Crippen MR) is 87.8 cm³/mol. The molecule has 0 bridgehead atoms. The Bertz CT molecular complexity index is 558. The fourth-order valence-electron chi connectivity index (χ4n) is 2.84. The summed E-state index contributed by atoms with van der Waals surface area (Å²) in [7, 11) is 0. The lowest BCUT2D eigenvalue weighted by molar-refractivity contribution is -0.165. The number of aliphatic hydroxyl groups is 1. The lowest BCUT2D eigenvalue weighted by atomic mass is 9.80. The van der Waals surface area contributed by atoms with E-state index in [1.807, 2.05) is 31.2 Å². The quantitative estimate of drug-likeness (QED) is 0.800. The number of hydrogen-bond acceptors (Lipinski definition) is 4. The molecule has 1 amide bonds. The molecule has 0 unspecified atom stereocenters. The van der Waals surface area contributed by atoms with Gasteiger partial charge in [-0.15, -0.1) is 0 Å². The van der Waals surface area contributed by atoms with Crippen LogP contribution >= 0.6 is 11.6 Å². The number of aliphatic hydroxyl groups excluding tert-OH is 1. The van der Waals surface area contributed by atoms with Crippen molar-refractivity contribution in [1.29, 1.82) is 0 Å². The number of halogens is 1. The van der Waals surface area contributed by atoms with Crippen molar-refractivity contribution in [2.75, 3.05) is 13.2 Å². The van der Waals surface area contributed by atoms with Gasteiger partial charge in [0.25, 0.3) is 5.91 Å².